The quantitative estimate of drug-likeness (QED) is 0.399. The average molecular weight is 447 g/mol. The van der Waals surface area contributed by atoms with E-state index in [2.05, 4.69) is 55.1 Å². The summed E-state index contributed by atoms with van der Waals surface area (Å²) in [5.41, 5.74) is 6.24. The number of likely N-dealkylation sites (N-methyl/N-ethyl adjacent to an activating group) is 1. The molecule has 32 heavy (non-hydrogen) atoms. The first-order valence-corrected chi connectivity index (χ1v) is 11.9. The van der Waals surface area contributed by atoms with Crippen LogP contribution < -0.4 is 0 Å². The second-order valence-corrected chi connectivity index (χ2v) is 9.03. The third-order valence-corrected chi connectivity index (χ3v) is 7.02. The fourth-order valence-electron chi connectivity index (χ4n) is 4.19. The Labute approximate surface area is 193 Å². The smallest absolute Gasteiger partial charge is 0.123 e. The molecule has 0 radical (unpaired) electrons. The van der Waals surface area contributed by atoms with E-state index in [1.54, 1.807) is 23.9 Å². The van der Waals surface area contributed by atoms with Gasteiger partial charge in [0.1, 0.15) is 11.9 Å². The van der Waals surface area contributed by atoms with Gasteiger partial charge in [0.2, 0.25) is 0 Å². The van der Waals surface area contributed by atoms with E-state index < -0.39 is 0 Å². The van der Waals surface area contributed by atoms with Gasteiger partial charge in [-0.25, -0.2) is 4.39 Å². The zero-order valence-electron chi connectivity index (χ0n) is 18.5. The third-order valence-electron chi connectivity index (χ3n) is 6.01. The van der Waals surface area contributed by atoms with Crippen LogP contribution in [0.15, 0.2) is 64.4 Å². The van der Waals surface area contributed by atoms with Crippen molar-refractivity contribution in [2.45, 2.75) is 43.3 Å². The van der Waals surface area contributed by atoms with E-state index in [1.165, 1.54) is 17.7 Å². The summed E-state index contributed by atoms with van der Waals surface area (Å²) in [4.78, 5) is 4.44. The molecule has 164 valence electrons. The first-order chi connectivity index (χ1) is 15.6. The lowest BCUT2D eigenvalue weighted by molar-refractivity contribution is 0.134. The monoisotopic (exact) mass is 446 g/mol. The van der Waals surface area contributed by atoms with Crippen molar-refractivity contribution >= 4 is 11.8 Å². The Balaban J connectivity index is 1.66. The molecule has 3 aromatic rings. The maximum absolute atomic E-state index is 13.2. The van der Waals surface area contributed by atoms with Gasteiger partial charge in [-0.3, -0.25) is 0 Å². The molecule has 3 nitrogen and oxygen atoms in total. The Morgan fingerprint density at radius 2 is 1.66 bits per heavy atom. The van der Waals surface area contributed by atoms with Crippen molar-refractivity contribution < 1.29 is 9.13 Å². The van der Waals surface area contributed by atoms with Crippen LogP contribution in [0.1, 0.15) is 36.1 Å². The van der Waals surface area contributed by atoms with Gasteiger partial charge in [0.15, 0.2) is 0 Å². The van der Waals surface area contributed by atoms with Crippen LogP contribution in [0.5, 0.6) is 0 Å². The van der Waals surface area contributed by atoms with Gasteiger partial charge in [0.25, 0.3) is 0 Å². The number of nitrogens with zero attached hydrogens (tertiary/aromatic N) is 2. The van der Waals surface area contributed by atoms with Crippen molar-refractivity contribution in [3.05, 3.63) is 82.7 Å². The standard InChI is InChI=1S/C27H27FN2OS/c1-3-30(4-2)14-13-20-15-21-17-31-18-26(21)27(25(20)16-29)19-5-9-23(10-6-19)32-24-11-7-22(28)8-12-24/h5-12,15H,3-4,13-14,17-18H2,1-2H3. The molecule has 0 spiro atoms. The molecule has 0 saturated carbocycles. The van der Waals surface area contributed by atoms with Crippen molar-refractivity contribution in [1.29, 1.82) is 5.26 Å². The van der Waals surface area contributed by atoms with Gasteiger partial charge in [0.05, 0.1) is 18.8 Å². The summed E-state index contributed by atoms with van der Waals surface area (Å²) >= 11 is 1.59. The predicted octanol–water partition coefficient (Wildman–Crippen LogP) is 6.43. The van der Waals surface area contributed by atoms with Crippen molar-refractivity contribution in [3.8, 4) is 17.2 Å². The summed E-state index contributed by atoms with van der Waals surface area (Å²) in [7, 11) is 0. The Morgan fingerprint density at radius 3 is 2.28 bits per heavy atom. The number of benzene rings is 3. The molecule has 1 aliphatic heterocycles. The molecule has 3 aromatic carbocycles. The zero-order chi connectivity index (χ0) is 22.5. The highest BCUT2D eigenvalue weighted by molar-refractivity contribution is 7.99. The number of rotatable bonds is 8. The largest absolute Gasteiger partial charge is 0.372 e. The molecule has 0 atom stereocenters. The van der Waals surface area contributed by atoms with Crippen LogP contribution in [0, 0.1) is 17.1 Å². The number of nitriles is 1. The molecule has 1 aliphatic rings. The second-order valence-electron chi connectivity index (χ2n) is 7.89. The first-order valence-electron chi connectivity index (χ1n) is 11.0. The summed E-state index contributed by atoms with van der Waals surface area (Å²) in [5, 5.41) is 10.1. The molecule has 0 unspecified atom stereocenters. The number of hydrogen-bond donors (Lipinski definition) is 0. The molecular formula is C27H27FN2OS. The molecule has 0 N–H and O–H groups in total. The van der Waals surface area contributed by atoms with Gasteiger partial charge < -0.3 is 9.64 Å². The van der Waals surface area contributed by atoms with E-state index in [1.807, 2.05) is 0 Å². The van der Waals surface area contributed by atoms with Crippen LogP contribution in [0.2, 0.25) is 0 Å². The van der Waals surface area contributed by atoms with Crippen LogP contribution in [0.4, 0.5) is 4.39 Å². The molecule has 0 saturated heterocycles. The second kappa shape index (κ2) is 10.3. The van der Waals surface area contributed by atoms with Gasteiger partial charge in [-0.1, -0.05) is 43.8 Å². The maximum atomic E-state index is 13.2. The Hall–Kier alpha value is -2.65. The molecule has 0 aliphatic carbocycles. The minimum Gasteiger partial charge on any atom is -0.372 e. The third kappa shape index (κ3) is 4.88. The lowest BCUT2D eigenvalue weighted by Crippen LogP contribution is -2.25. The van der Waals surface area contributed by atoms with Crippen molar-refractivity contribution in [1.82, 2.24) is 4.90 Å². The molecule has 0 aromatic heterocycles. The summed E-state index contributed by atoms with van der Waals surface area (Å²) in [6, 6.07) is 19.5. The van der Waals surface area contributed by atoms with Crippen LogP contribution in [-0.2, 0) is 24.4 Å². The Bertz CT molecular complexity index is 1120. The minimum absolute atomic E-state index is 0.231. The summed E-state index contributed by atoms with van der Waals surface area (Å²) < 4.78 is 18.9. The lowest BCUT2D eigenvalue weighted by Gasteiger charge is -2.20. The number of hydrogen-bond acceptors (Lipinski definition) is 4. The highest BCUT2D eigenvalue weighted by Gasteiger charge is 2.23. The van der Waals surface area contributed by atoms with Crippen LogP contribution in [-0.4, -0.2) is 24.5 Å². The molecule has 5 heteroatoms. The fraction of sp³-hybridized carbons (Fsp3) is 0.296. The summed E-state index contributed by atoms with van der Waals surface area (Å²) in [6.45, 7) is 8.43. The van der Waals surface area contributed by atoms with E-state index in [0.717, 1.165) is 63.7 Å². The number of fused-ring (bicyclic) bond motifs is 1. The Morgan fingerprint density at radius 1 is 1.00 bits per heavy atom. The molecule has 0 fully saturated rings. The SMILES string of the molecule is CCN(CC)CCc1cc2c(c(-c3ccc(Sc4ccc(F)cc4)cc3)c1C#N)COC2. The van der Waals surface area contributed by atoms with Crippen molar-refractivity contribution in [2.24, 2.45) is 0 Å². The highest BCUT2D eigenvalue weighted by atomic mass is 32.2. The molecule has 0 bridgehead atoms. The fourth-order valence-corrected chi connectivity index (χ4v) is 5.01. The van der Waals surface area contributed by atoms with Gasteiger partial charge in [-0.05, 0) is 78.2 Å². The van der Waals surface area contributed by atoms with E-state index in [4.69, 9.17) is 4.74 Å². The number of halogens is 1. The van der Waals surface area contributed by atoms with Crippen molar-refractivity contribution in [2.75, 3.05) is 19.6 Å². The number of ether oxygens (including phenoxy) is 1. The maximum Gasteiger partial charge on any atom is 0.123 e. The van der Waals surface area contributed by atoms with E-state index in [0.29, 0.717) is 13.2 Å². The van der Waals surface area contributed by atoms with Gasteiger partial charge >= 0.3 is 0 Å². The molecule has 0 amide bonds. The van der Waals surface area contributed by atoms with E-state index in [-0.39, 0.29) is 5.82 Å². The predicted molar refractivity (Wildman–Crippen MR) is 127 cm³/mol. The molecule has 4 rings (SSSR count). The lowest BCUT2D eigenvalue weighted by atomic mass is 9.88. The summed E-state index contributed by atoms with van der Waals surface area (Å²) in [5.74, 6) is -0.231. The van der Waals surface area contributed by atoms with Gasteiger partial charge in [-0.15, -0.1) is 0 Å². The van der Waals surface area contributed by atoms with Crippen LogP contribution >= 0.6 is 11.8 Å². The average Bonchev–Trinajstić information content (AvgIpc) is 3.29. The molecular weight excluding hydrogens is 419 g/mol. The topological polar surface area (TPSA) is 36.3 Å². The summed E-state index contributed by atoms with van der Waals surface area (Å²) in [6.07, 6.45) is 0.851. The minimum atomic E-state index is -0.231. The normalized spacial score (nSPS) is 12.7. The molecule has 1 heterocycles. The van der Waals surface area contributed by atoms with Gasteiger partial charge in [-0.2, -0.15) is 5.26 Å². The van der Waals surface area contributed by atoms with Crippen LogP contribution in [0.25, 0.3) is 11.1 Å². The van der Waals surface area contributed by atoms with Gasteiger partial charge in [0, 0.05) is 21.9 Å². The first kappa shape index (κ1) is 22.5. The Kier molecular flexibility index (Phi) is 7.26. The van der Waals surface area contributed by atoms with E-state index in [9.17, 15) is 9.65 Å². The highest BCUT2D eigenvalue weighted by Crippen LogP contribution is 2.38. The van der Waals surface area contributed by atoms with Crippen LogP contribution in [0.3, 0.4) is 0 Å². The van der Waals surface area contributed by atoms with Crippen molar-refractivity contribution in [3.63, 3.8) is 0 Å². The zero-order valence-corrected chi connectivity index (χ0v) is 19.3. The van der Waals surface area contributed by atoms with E-state index >= 15 is 0 Å².